The van der Waals surface area contributed by atoms with Crippen LogP contribution in [0.4, 0.5) is 5.69 Å². The van der Waals surface area contributed by atoms with Gasteiger partial charge in [-0.15, -0.1) is 0 Å². The SMILES string of the molecule is [C-]#[N+]c1ccc(OC2C(C)(C)C(N3CC4N=C(Br)C=CC4C3=O)C2(C)C)cc1Br. The Morgan fingerprint density at radius 2 is 1.93 bits per heavy atom. The Morgan fingerprint density at radius 3 is 2.55 bits per heavy atom. The van der Waals surface area contributed by atoms with Gasteiger partial charge < -0.3 is 9.64 Å². The normalized spacial score (nSPS) is 31.6. The Hall–Kier alpha value is -1.65. The number of allylic oxidation sites excluding steroid dienone is 1. The van der Waals surface area contributed by atoms with Crippen molar-refractivity contribution < 1.29 is 9.53 Å². The Balaban J connectivity index is 1.57. The zero-order valence-corrected chi connectivity index (χ0v) is 20.0. The monoisotopic (exact) mass is 519 g/mol. The van der Waals surface area contributed by atoms with Gasteiger partial charge in [0.05, 0.1) is 18.5 Å². The number of likely N-dealkylation sites (tertiary alicyclic amines) is 1. The fraction of sp³-hybridized carbons (Fsp3) is 0.500. The summed E-state index contributed by atoms with van der Waals surface area (Å²) < 4.78 is 7.93. The van der Waals surface area contributed by atoms with Crippen LogP contribution in [0.5, 0.6) is 5.75 Å². The van der Waals surface area contributed by atoms with E-state index in [0.717, 1.165) is 14.8 Å². The molecule has 7 heteroatoms. The van der Waals surface area contributed by atoms with E-state index in [1.54, 1.807) is 6.07 Å². The van der Waals surface area contributed by atoms with Crippen LogP contribution in [0.1, 0.15) is 27.7 Å². The van der Waals surface area contributed by atoms with E-state index in [1.807, 2.05) is 29.2 Å². The summed E-state index contributed by atoms with van der Waals surface area (Å²) in [7, 11) is 0. The summed E-state index contributed by atoms with van der Waals surface area (Å²) in [5, 5.41) is 0. The van der Waals surface area contributed by atoms with E-state index in [0.29, 0.717) is 12.2 Å². The minimum Gasteiger partial charge on any atom is -0.489 e. The van der Waals surface area contributed by atoms with Crippen molar-refractivity contribution in [1.29, 1.82) is 0 Å². The highest BCUT2D eigenvalue weighted by molar-refractivity contribution is 9.18. The van der Waals surface area contributed by atoms with E-state index in [1.165, 1.54) is 0 Å². The minimum atomic E-state index is -0.220. The molecule has 2 aliphatic heterocycles. The first-order chi connectivity index (χ1) is 13.6. The topological polar surface area (TPSA) is 46.3 Å². The average Bonchev–Trinajstić information content (AvgIpc) is 2.94. The third-order valence-electron chi connectivity index (χ3n) is 6.46. The zero-order chi connectivity index (χ0) is 21.1. The standard InChI is InChI=1S/C22H23Br2N3O2/c1-21(2)19(27-11-16-13(18(27)28)7-9-17(24)26-16)22(3,4)20(21)29-12-6-8-15(25-5)14(23)10-12/h6-10,13,16,19-20H,11H2,1-4H3. The summed E-state index contributed by atoms with van der Waals surface area (Å²) in [6.07, 6.45) is 3.77. The number of rotatable bonds is 3. The molecule has 4 rings (SSSR count). The molecule has 29 heavy (non-hydrogen) atoms. The number of dihydropyridines is 1. The molecule has 2 heterocycles. The first-order valence-electron chi connectivity index (χ1n) is 9.63. The quantitative estimate of drug-likeness (QED) is 0.503. The van der Waals surface area contributed by atoms with Gasteiger partial charge in [0.1, 0.15) is 16.5 Å². The number of aliphatic imine (C=N–C) groups is 1. The maximum atomic E-state index is 13.2. The van der Waals surface area contributed by atoms with Gasteiger partial charge in [0, 0.05) is 27.9 Å². The molecule has 1 saturated carbocycles. The lowest BCUT2D eigenvalue weighted by Gasteiger charge is -2.65. The van der Waals surface area contributed by atoms with Crippen LogP contribution in [0.3, 0.4) is 0 Å². The van der Waals surface area contributed by atoms with E-state index < -0.39 is 0 Å². The fourth-order valence-corrected chi connectivity index (χ4v) is 6.57. The zero-order valence-electron chi connectivity index (χ0n) is 16.8. The molecule has 2 unspecified atom stereocenters. The molecule has 1 aliphatic carbocycles. The Labute approximate surface area is 188 Å². The number of carbonyl (C=O) groups is 1. The molecule has 5 nitrogen and oxygen atoms in total. The number of carbonyl (C=O) groups excluding carboxylic acids is 1. The summed E-state index contributed by atoms with van der Waals surface area (Å²) in [6.45, 7) is 16.5. The van der Waals surface area contributed by atoms with Crippen LogP contribution in [0.2, 0.25) is 0 Å². The third-order valence-corrected chi connectivity index (χ3v) is 7.57. The third kappa shape index (κ3) is 3.16. The van der Waals surface area contributed by atoms with E-state index in [2.05, 4.69) is 69.4 Å². The van der Waals surface area contributed by atoms with E-state index in [-0.39, 0.29) is 40.8 Å². The number of nitrogens with zero attached hydrogens (tertiary/aromatic N) is 3. The molecule has 3 aliphatic rings. The summed E-state index contributed by atoms with van der Waals surface area (Å²) in [5.41, 5.74) is 0.122. The van der Waals surface area contributed by atoms with Crippen LogP contribution >= 0.6 is 31.9 Å². The maximum absolute atomic E-state index is 13.2. The number of hydrogen-bond donors (Lipinski definition) is 0. The molecule has 152 valence electrons. The molecule has 0 N–H and O–H groups in total. The predicted molar refractivity (Wildman–Crippen MR) is 121 cm³/mol. The lowest BCUT2D eigenvalue weighted by molar-refractivity contribution is -0.208. The van der Waals surface area contributed by atoms with Gasteiger partial charge in [-0.2, -0.15) is 0 Å². The van der Waals surface area contributed by atoms with Crippen LogP contribution in [0.15, 0.2) is 39.8 Å². The van der Waals surface area contributed by atoms with Crippen molar-refractivity contribution in [2.24, 2.45) is 21.7 Å². The molecule has 1 aromatic rings. The molecular weight excluding hydrogens is 498 g/mol. The minimum absolute atomic E-state index is 0.0226. The first-order valence-corrected chi connectivity index (χ1v) is 11.2. The number of ether oxygens (including phenoxy) is 1. The van der Waals surface area contributed by atoms with Gasteiger partial charge in [-0.3, -0.25) is 9.79 Å². The molecule has 0 bridgehead atoms. The summed E-state index contributed by atoms with van der Waals surface area (Å²) in [4.78, 5) is 23.3. The highest BCUT2D eigenvalue weighted by Gasteiger charge is 2.67. The van der Waals surface area contributed by atoms with E-state index in [9.17, 15) is 4.79 Å². The maximum Gasteiger partial charge on any atom is 0.232 e. The highest BCUT2D eigenvalue weighted by Crippen LogP contribution is 2.59. The van der Waals surface area contributed by atoms with Gasteiger partial charge in [-0.1, -0.05) is 55.8 Å². The Morgan fingerprint density at radius 1 is 1.24 bits per heavy atom. The van der Waals surface area contributed by atoms with Crippen molar-refractivity contribution in [1.82, 2.24) is 4.90 Å². The van der Waals surface area contributed by atoms with Gasteiger partial charge >= 0.3 is 0 Å². The summed E-state index contributed by atoms with van der Waals surface area (Å²) in [5.74, 6) is 0.718. The Kier molecular flexibility index (Phi) is 4.94. The smallest absolute Gasteiger partial charge is 0.232 e. The van der Waals surface area contributed by atoms with Gasteiger partial charge in [-0.05, 0) is 34.1 Å². The van der Waals surface area contributed by atoms with Gasteiger partial charge in [0.25, 0.3) is 0 Å². The van der Waals surface area contributed by atoms with Crippen molar-refractivity contribution in [3.05, 3.63) is 46.2 Å². The number of benzene rings is 1. The number of fused-ring (bicyclic) bond motifs is 1. The largest absolute Gasteiger partial charge is 0.489 e. The number of hydrogen-bond acceptors (Lipinski definition) is 3. The summed E-state index contributed by atoms with van der Waals surface area (Å²) >= 11 is 6.87. The van der Waals surface area contributed by atoms with E-state index >= 15 is 0 Å². The lowest BCUT2D eigenvalue weighted by atomic mass is 9.49. The van der Waals surface area contributed by atoms with Gasteiger partial charge in [0.15, 0.2) is 0 Å². The molecule has 1 aromatic carbocycles. The molecule has 1 amide bonds. The fourth-order valence-electron chi connectivity index (χ4n) is 5.71. The Bertz CT molecular complexity index is 961. The van der Waals surface area contributed by atoms with Crippen LogP contribution in [-0.4, -0.2) is 40.2 Å². The molecule has 0 radical (unpaired) electrons. The molecular formula is C22H23Br2N3O2. The number of amides is 1. The van der Waals surface area contributed by atoms with Gasteiger partial charge in [0.2, 0.25) is 11.6 Å². The van der Waals surface area contributed by atoms with E-state index in [4.69, 9.17) is 11.3 Å². The second kappa shape index (κ2) is 6.95. The molecule has 2 fully saturated rings. The predicted octanol–water partition coefficient (Wildman–Crippen LogP) is 5.37. The first kappa shape index (κ1) is 20.6. The van der Waals surface area contributed by atoms with Crippen LogP contribution in [-0.2, 0) is 4.79 Å². The lowest BCUT2D eigenvalue weighted by Crippen LogP contribution is -2.75. The van der Waals surface area contributed by atoms with Crippen molar-refractivity contribution in [3.63, 3.8) is 0 Å². The average molecular weight is 521 g/mol. The van der Waals surface area contributed by atoms with Gasteiger partial charge in [-0.25, -0.2) is 4.85 Å². The molecule has 0 aromatic heterocycles. The van der Waals surface area contributed by atoms with Crippen molar-refractivity contribution in [3.8, 4) is 5.75 Å². The van der Waals surface area contributed by atoms with Crippen LogP contribution in [0, 0.1) is 23.3 Å². The van der Waals surface area contributed by atoms with Crippen LogP contribution in [0.25, 0.3) is 4.85 Å². The molecule has 1 saturated heterocycles. The number of halogens is 2. The van der Waals surface area contributed by atoms with Crippen LogP contribution < -0.4 is 4.74 Å². The second-order valence-electron chi connectivity index (χ2n) is 9.16. The summed E-state index contributed by atoms with van der Waals surface area (Å²) in [6, 6.07) is 5.49. The molecule has 0 spiro atoms. The van der Waals surface area contributed by atoms with Crippen molar-refractivity contribution in [2.75, 3.05) is 6.54 Å². The highest BCUT2D eigenvalue weighted by atomic mass is 79.9. The second-order valence-corrected chi connectivity index (χ2v) is 10.8. The van der Waals surface area contributed by atoms with Crippen molar-refractivity contribution >= 4 is 48.1 Å². The van der Waals surface area contributed by atoms with Crippen molar-refractivity contribution in [2.45, 2.75) is 45.9 Å². The molecule has 2 atom stereocenters.